The molecule has 11 nitrogen and oxygen atoms in total. The maximum Gasteiger partial charge on any atom is 0.227 e. The van der Waals surface area contributed by atoms with E-state index in [0.717, 1.165) is 67.1 Å². The number of hydrogen-bond donors (Lipinski definition) is 2. The molecule has 2 aromatic carbocycles. The maximum atomic E-state index is 11.6. The van der Waals surface area contributed by atoms with Gasteiger partial charge in [-0.25, -0.2) is 9.97 Å². The number of nitrogens with one attached hydrogen (secondary N) is 1. The topological polar surface area (TPSA) is 118 Å². The van der Waals surface area contributed by atoms with Crippen molar-refractivity contribution >= 4 is 39.8 Å². The lowest BCUT2D eigenvalue weighted by Crippen LogP contribution is -2.49. The number of carbonyl (C=O) groups is 1. The van der Waals surface area contributed by atoms with E-state index in [1.165, 1.54) is 0 Å². The summed E-state index contributed by atoms with van der Waals surface area (Å²) in [5.41, 5.74) is 11.5. The lowest BCUT2D eigenvalue weighted by molar-refractivity contribution is -0.130. The molecule has 1 amide bonds. The number of fused-ring (bicyclic) bond motifs is 1. The number of aryl methyl sites for hydroxylation is 1. The molecule has 3 heterocycles. The molecular weight excluding hydrogens is 494 g/mol. The third kappa shape index (κ3) is 5.73. The Morgan fingerprint density at radius 3 is 2.69 bits per heavy atom. The summed E-state index contributed by atoms with van der Waals surface area (Å²) in [6, 6.07) is 11.8. The van der Waals surface area contributed by atoms with Crippen LogP contribution in [0.2, 0.25) is 0 Å². The van der Waals surface area contributed by atoms with Crippen LogP contribution in [0.1, 0.15) is 6.92 Å². The van der Waals surface area contributed by atoms with Crippen molar-refractivity contribution < 1.29 is 9.53 Å². The number of methoxy groups -OCH3 is 1. The third-order valence-corrected chi connectivity index (χ3v) is 7.27. The van der Waals surface area contributed by atoms with Crippen LogP contribution in [0.4, 0.5) is 23.0 Å². The number of ether oxygens (including phenoxy) is 1. The number of hydrogen-bond acceptors (Lipinski definition) is 9. The van der Waals surface area contributed by atoms with Crippen LogP contribution in [-0.2, 0) is 11.8 Å². The van der Waals surface area contributed by atoms with E-state index in [2.05, 4.69) is 31.3 Å². The molecule has 1 aliphatic heterocycles. The zero-order chi connectivity index (χ0) is 27.5. The van der Waals surface area contributed by atoms with Crippen molar-refractivity contribution in [1.29, 1.82) is 0 Å². The first-order valence-corrected chi connectivity index (χ1v) is 13.0. The number of piperazine rings is 1. The smallest absolute Gasteiger partial charge is 0.227 e. The number of aromatic nitrogens is 4. The van der Waals surface area contributed by atoms with Crippen molar-refractivity contribution in [3.05, 3.63) is 48.8 Å². The van der Waals surface area contributed by atoms with Crippen molar-refractivity contribution in [3.63, 3.8) is 0 Å². The summed E-state index contributed by atoms with van der Waals surface area (Å²) in [7, 11) is 5.58. The highest BCUT2D eigenvalue weighted by molar-refractivity contribution is 5.84. The Bertz CT molecular complexity index is 1480. The van der Waals surface area contributed by atoms with Gasteiger partial charge in [0.1, 0.15) is 5.75 Å². The van der Waals surface area contributed by atoms with E-state index in [0.29, 0.717) is 23.1 Å². The molecule has 11 heteroatoms. The maximum absolute atomic E-state index is 11.6. The highest BCUT2D eigenvalue weighted by Gasteiger charge is 2.19. The Balaban J connectivity index is 1.28. The van der Waals surface area contributed by atoms with Gasteiger partial charge in [-0.1, -0.05) is 6.07 Å². The number of nitrogen functional groups attached to an aromatic ring is 1. The molecule has 4 aromatic rings. The highest BCUT2D eigenvalue weighted by Crippen LogP contribution is 2.36. The molecular formula is C28H35N9O2. The molecule has 5 rings (SSSR count). The number of anilines is 4. The predicted molar refractivity (Wildman–Crippen MR) is 154 cm³/mol. The molecule has 1 saturated heterocycles. The summed E-state index contributed by atoms with van der Waals surface area (Å²) < 4.78 is 7.55. The Labute approximate surface area is 228 Å². The van der Waals surface area contributed by atoms with Crippen LogP contribution in [-0.4, -0.2) is 88.9 Å². The fourth-order valence-electron chi connectivity index (χ4n) is 4.90. The lowest BCUT2D eigenvalue weighted by atomic mass is 10.1. The van der Waals surface area contributed by atoms with Crippen molar-refractivity contribution in [2.24, 2.45) is 7.05 Å². The summed E-state index contributed by atoms with van der Waals surface area (Å²) in [6.07, 6.45) is 3.58. The number of carbonyl (C=O) groups excluding carboxylic acids is 1. The van der Waals surface area contributed by atoms with E-state index in [9.17, 15) is 4.79 Å². The van der Waals surface area contributed by atoms with Gasteiger partial charge in [-0.3, -0.25) is 14.4 Å². The molecule has 204 valence electrons. The van der Waals surface area contributed by atoms with E-state index in [4.69, 9.17) is 15.5 Å². The zero-order valence-corrected chi connectivity index (χ0v) is 22.9. The van der Waals surface area contributed by atoms with Crippen LogP contribution in [0.3, 0.4) is 0 Å². The van der Waals surface area contributed by atoms with E-state index in [1.54, 1.807) is 20.2 Å². The fraction of sp³-hybridized carbons (Fsp3) is 0.357. The van der Waals surface area contributed by atoms with E-state index in [-0.39, 0.29) is 5.91 Å². The number of nitrogens with two attached hydrogens (primary N) is 1. The van der Waals surface area contributed by atoms with E-state index in [1.807, 2.05) is 60.2 Å². The van der Waals surface area contributed by atoms with Crippen LogP contribution < -0.4 is 20.7 Å². The first-order chi connectivity index (χ1) is 18.8. The van der Waals surface area contributed by atoms with Crippen LogP contribution in [0.15, 0.2) is 48.8 Å². The van der Waals surface area contributed by atoms with Crippen molar-refractivity contribution in [2.45, 2.75) is 6.92 Å². The highest BCUT2D eigenvalue weighted by atomic mass is 16.5. The zero-order valence-electron chi connectivity index (χ0n) is 22.9. The summed E-state index contributed by atoms with van der Waals surface area (Å²) in [5, 5.41) is 8.65. The second kappa shape index (κ2) is 11.2. The SMILES string of the molecule is COc1cc(N(C)CCN2CCN(C(C)=O)CC2)c(N)cc1Nc1nccc(-c2ccc3c(cnn3C)c2)n1. The monoisotopic (exact) mass is 529 g/mol. The molecule has 0 radical (unpaired) electrons. The summed E-state index contributed by atoms with van der Waals surface area (Å²) in [6.45, 7) is 6.62. The number of likely N-dealkylation sites (N-methyl/N-ethyl adjacent to an activating group) is 1. The van der Waals surface area contributed by atoms with Crippen molar-refractivity contribution in [1.82, 2.24) is 29.5 Å². The van der Waals surface area contributed by atoms with Gasteiger partial charge >= 0.3 is 0 Å². The van der Waals surface area contributed by atoms with E-state index >= 15 is 0 Å². The molecule has 0 bridgehead atoms. The van der Waals surface area contributed by atoms with Gasteiger partial charge in [-0.2, -0.15) is 5.10 Å². The van der Waals surface area contributed by atoms with Gasteiger partial charge in [0, 0.05) is 83.5 Å². The van der Waals surface area contributed by atoms with Gasteiger partial charge in [-0.05, 0) is 24.3 Å². The van der Waals surface area contributed by atoms with Crippen LogP contribution in [0.25, 0.3) is 22.2 Å². The van der Waals surface area contributed by atoms with Crippen LogP contribution >= 0.6 is 0 Å². The molecule has 0 saturated carbocycles. The minimum absolute atomic E-state index is 0.142. The number of amides is 1. The van der Waals surface area contributed by atoms with Gasteiger partial charge in [0.25, 0.3) is 0 Å². The fourth-order valence-corrected chi connectivity index (χ4v) is 4.90. The van der Waals surface area contributed by atoms with Crippen LogP contribution in [0, 0.1) is 0 Å². The molecule has 0 unspecified atom stereocenters. The molecule has 0 aliphatic carbocycles. The quantitative estimate of drug-likeness (QED) is 0.332. The van der Waals surface area contributed by atoms with Gasteiger partial charge in [0.05, 0.1) is 41.6 Å². The van der Waals surface area contributed by atoms with Crippen LogP contribution in [0.5, 0.6) is 5.75 Å². The minimum atomic E-state index is 0.142. The molecule has 1 aliphatic rings. The van der Waals surface area contributed by atoms with E-state index < -0.39 is 0 Å². The third-order valence-electron chi connectivity index (χ3n) is 7.27. The summed E-state index contributed by atoms with van der Waals surface area (Å²) >= 11 is 0. The van der Waals surface area contributed by atoms with Crippen molar-refractivity contribution in [2.75, 3.05) is 69.4 Å². The number of nitrogens with zero attached hydrogens (tertiary/aromatic N) is 7. The Morgan fingerprint density at radius 2 is 1.95 bits per heavy atom. The second-order valence-electron chi connectivity index (χ2n) is 9.81. The second-order valence-corrected chi connectivity index (χ2v) is 9.81. The summed E-state index contributed by atoms with van der Waals surface area (Å²) in [4.78, 5) is 27.1. The Kier molecular flexibility index (Phi) is 7.51. The predicted octanol–water partition coefficient (Wildman–Crippen LogP) is 2.97. The van der Waals surface area contributed by atoms with Gasteiger partial charge < -0.3 is 25.6 Å². The lowest BCUT2D eigenvalue weighted by Gasteiger charge is -2.35. The normalized spacial score (nSPS) is 14.0. The molecule has 1 fully saturated rings. The standard InChI is InChI=1S/C28H35N9O2/c1-19(38)37-13-11-36(12-14-37)10-9-34(2)26-17-27(39-4)24(16-22(26)29)33-28-30-8-7-23(32-28)20-5-6-25-21(15-20)18-31-35(25)3/h5-8,15-18H,9-14,29H2,1-4H3,(H,30,32,33). The molecule has 0 atom stereocenters. The molecule has 3 N–H and O–H groups in total. The number of rotatable bonds is 8. The number of benzene rings is 2. The van der Waals surface area contributed by atoms with Gasteiger partial charge in [0.2, 0.25) is 11.9 Å². The van der Waals surface area contributed by atoms with Crippen molar-refractivity contribution in [3.8, 4) is 17.0 Å². The first-order valence-electron chi connectivity index (χ1n) is 13.0. The Hall–Kier alpha value is -4.38. The largest absolute Gasteiger partial charge is 0.494 e. The average Bonchev–Trinajstić information content (AvgIpc) is 3.32. The van der Waals surface area contributed by atoms with Gasteiger partial charge in [-0.15, -0.1) is 0 Å². The summed E-state index contributed by atoms with van der Waals surface area (Å²) in [5.74, 6) is 1.23. The molecule has 0 spiro atoms. The minimum Gasteiger partial charge on any atom is -0.494 e. The Morgan fingerprint density at radius 1 is 1.15 bits per heavy atom. The average molecular weight is 530 g/mol. The molecule has 39 heavy (non-hydrogen) atoms. The van der Waals surface area contributed by atoms with Gasteiger partial charge in [0.15, 0.2) is 0 Å². The molecule has 2 aromatic heterocycles. The first kappa shape index (κ1) is 26.2.